The van der Waals surface area contributed by atoms with Gasteiger partial charge in [-0.2, -0.15) is 5.26 Å². The topological polar surface area (TPSA) is 88.4 Å². The predicted octanol–water partition coefficient (Wildman–Crippen LogP) is 3.25. The van der Waals surface area contributed by atoms with E-state index in [1.54, 1.807) is 6.07 Å². The second-order valence-electron chi connectivity index (χ2n) is 8.00. The number of amides is 1. The number of para-hydroxylation sites is 1. The third-order valence-electron chi connectivity index (χ3n) is 4.70. The van der Waals surface area contributed by atoms with Crippen LogP contribution in [-0.4, -0.2) is 30.6 Å². The number of nitrogens with one attached hydrogen (secondary N) is 1. The van der Waals surface area contributed by atoms with Crippen molar-refractivity contribution in [3.63, 3.8) is 0 Å². The Hall–Kier alpha value is -2.55. The summed E-state index contributed by atoms with van der Waals surface area (Å²) in [5, 5.41) is 12.1. The van der Waals surface area contributed by atoms with Crippen LogP contribution in [0.2, 0.25) is 0 Å². The van der Waals surface area contributed by atoms with E-state index in [1.807, 2.05) is 18.2 Å². The maximum Gasteiger partial charge on any atom is 0.344 e. The Morgan fingerprint density at radius 3 is 2.44 bits per heavy atom. The summed E-state index contributed by atoms with van der Waals surface area (Å²) in [5.41, 5.74) is 0.0411. The molecule has 0 aliphatic heterocycles. The third-order valence-corrected chi connectivity index (χ3v) is 4.70. The molecule has 1 fully saturated rings. The molecule has 0 unspecified atom stereocenters. The van der Waals surface area contributed by atoms with E-state index in [1.165, 1.54) is 0 Å². The molecule has 0 radical (unpaired) electrons. The lowest BCUT2D eigenvalue weighted by molar-refractivity contribution is -0.150. The van der Waals surface area contributed by atoms with Gasteiger partial charge in [-0.05, 0) is 29.9 Å². The summed E-state index contributed by atoms with van der Waals surface area (Å²) in [5.74, 6) is -0.456. The SMILES string of the molecule is CC(C)(C)c1ccccc1OCC(=O)OCC(=O)NC1(C#N)CCCCC1. The van der Waals surface area contributed by atoms with Crippen molar-refractivity contribution in [3.05, 3.63) is 29.8 Å². The first-order valence-electron chi connectivity index (χ1n) is 9.36. The number of carbonyl (C=O) groups is 2. The van der Waals surface area contributed by atoms with Crippen LogP contribution in [0.5, 0.6) is 5.75 Å². The van der Waals surface area contributed by atoms with Crippen molar-refractivity contribution in [3.8, 4) is 11.8 Å². The summed E-state index contributed by atoms with van der Waals surface area (Å²) in [6, 6.07) is 9.73. The van der Waals surface area contributed by atoms with Gasteiger partial charge >= 0.3 is 5.97 Å². The van der Waals surface area contributed by atoms with Crippen molar-refractivity contribution >= 4 is 11.9 Å². The molecule has 6 nitrogen and oxygen atoms in total. The maximum absolute atomic E-state index is 12.1. The van der Waals surface area contributed by atoms with Crippen molar-refractivity contribution in [1.82, 2.24) is 5.32 Å². The minimum Gasteiger partial charge on any atom is -0.482 e. The molecule has 1 saturated carbocycles. The van der Waals surface area contributed by atoms with E-state index >= 15 is 0 Å². The molecule has 0 bridgehead atoms. The molecule has 0 atom stereocenters. The highest BCUT2D eigenvalue weighted by Crippen LogP contribution is 2.31. The molecule has 1 aromatic carbocycles. The van der Waals surface area contributed by atoms with Crippen LogP contribution < -0.4 is 10.1 Å². The van der Waals surface area contributed by atoms with Crippen LogP contribution in [0.15, 0.2) is 24.3 Å². The predicted molar refractivity (Wildman–Crippen MR) is 101 cm³/mol. The van der Waals surface area contributed by atoms with Gasteiger partial charge in [-0.15, -0.1) is 0 Å². The van der Waals surface area contributed by atoms with Gasteiger partial charge in [0.15, 0.2) is 13.2 Å². The Labute approximate surface area is 160 Å². The first-order valence-corrected chi connectivity index (χ1v) is 9.36. The number of ether oxygens (including phenoxy) is 2. The number of hydrogen-bond acceptors (Lipinski definition) is 5. The van der Waals surface area contributed by atoms with Crippen LogP contribution in [0.3, 0.4) is 0 Å². The van der Waals surface area contributed by atoms with Crippen LogP contribution >= 0.6 is 0 Å². The number of nitrogens with zero attached hydrogens (tertiary/aromatic N) is 1. The molecule has 1 N–H and O–H groups in total. The Bertz CT molecular complexity index is 710. The zero-order chi connectivity index (χ0) is 19.9. The number of benzene rings is 1. The Morgan fingerprint density at radius 2 is 1.81 bits per heavy atom. The van der Waals surface area contributed by atoms with Gasteiger partial charge in [-0.1, -0.05) is 58.2 Å². The van der Waals surface area contributed by atoms with Gasteiger partial charge in [-0.25, -0.2) is 4.79 Å². The summed E-state index contributed by atoms with van der Waals surface area (Å²) in [4.78, 5) is 24.0. The number of nitriles is 1. The second kappa shape index (κ2) is 8.90. The average molecular weight is 372 g/mol. The quantitative estimate of drug-likeness (QED) is 0.775. The number of rotatable bonds is 6. The fourth-order valence-electron chi connectivity index (χ4n) is 3.26. The lowest BCUT2D eigenvalue weighted by Crippen LogP contribution is -2.50. The molecule has 1 aromatic rings. The highest BCUT2D eigenvalue weighted by Gasteiger charge is 2.33. The minimum atomic E-state index is -0.829. The summed E-state index contributed by atoms with van der Waals surface area (Å²) in [6.07, 6.45) is 4.16. The van der Waals surface area contributed by atoms with Crippen molar-refractivity contribution < 1.29 is 19.1 Å². The van der Waals surface area contributed by atoms with Crippen molar-refractivity contribution in [2.45, 2.75) is 63.8 Å². The number of hydrogen-bond donors (Lipinski definition) is 1. The standard InChI is InChI=1S/C21H28N2O4/c1-20(2,3)16-9-5-6-10-17(16)26-14-19(25)27-13-18(24)23-21(15-22)11-7-4-8-12-21/h5-6,9-10H,4,7-8,11-14H2,1-3H3,(H,23,24). The van der Waals surface area contributed by atoms with Crippen LogP contribution in [0.25, 0.3) is 0 Å². The van der Waals surface area contributed by atoms with Crippen molar-refractivity contribution in [2.24, 2.45) is 0 Å². The molecular weight excluding hydrogens is 344 g/mol. The summed E-state index contributed by atoms with van der Waals surface area (Å²) in [7, 11) is 0. The largest absolute Gasteiger partial charge is 0.482 e. The Morgan fingerprint density at radius 1 is 1.15 bits per heavy atom. The molecule has 0 spiro atoms. The number of esters is 1. The second-order valence-corrected chi connectivity index (χ2v) is 8.00. The zero-order valence-corrected chi connectivity index (χ0v) is 16.3. The molecular formula is C21H28N2O4. The monoisotopic (exact) mass is 372 g/mol. The van der Waals surface area contributed by atoms with Gasteiger partial charge in [0, 0.05) is 0 Å². The van der Waals surface area contributed by atoms with Crippen LogP contribution in [0.1, 0.15) is 58.4 Å². The van der Waals surface area contributed by atoms with E-state index < -0.39 is 24.0 Å². The molecule has 1 aliphatic carbocycles. The smallest absolute Gasteiger partial charge is 0.344 e. The van der Waals surface area contributed by atoms with Crippen LogP contribution in [0, 0.1) is 11.3 Å². The average Bonchev–Trinajstić information content (AvgIpc) is 2.65. The first kappa shape index (κ1) is 20.8. The van der Waals surface area contributed by atoms with E-state index in [0.29, 0.717) is 18.6 Å². The van der Waals surface area contributed by atoms with Gasteiger partial charge < -0.3 is 14.8 Å². The zero-order valence-electron chi connectivity index (χ0n) is 16.3. The van der Waals surface area contributed by atoms with E-state index in [0.717, 1.165) is 24.8 Å². The summed E-state index contributed by atoms with van der Waals surface area (Å²) < 4.78 is 10.6. The molecule has 0 heterocycles. The van der Waals surface area contributed by atoms with Crippen molar-refractivity contribution in [2.75, 3.05) is 13.2 Å². The van der Waals surface area contributed by atoms with Gasteiger partial charge in [0.2, 0.25) is 0 Å². The van der Waals surface area contributed by atoms with Gasteiger partial charge in [0.05, 0.1) is 6.07 Å². The van der Waals surface area contributed by atoms with E-state index in [2.05, 4.69) is 32.2 Å². The molecule has 2 rings (SSSR count). The van der Waals surface area contributed by atoms with E-state index in [-0.39, 0.29) is 12.0 Å². The Balaban J connectivity index is 1.82. The molecule has 146 valence electrons. The fourth-order valence-corrected chi connectivity index (χ4v) is 3.26. The van der Waals surface area contributed by atoms with Gasteiger partial charge in [0.25, 0.3) is 5.91 Å². The highest BCUT2D eigenvalue weighted by atomic mass is 16.6. The molecule has 6 heteroatoms. The van der Waals surface area contributed by atoms with E-state index in [9.17, 15) is 14.9 Å². The van der Waals surface area contributed by atoms with E-state index in [4.69, 9.17) is 9.47 Å². The van der Waals surface area contributed by atoms with Crippen LogP contribution in [0.4, 0.5) is 0 Å². The lowest BCUT2D eigenvalue weighted by Gasteiger charge is -2.31. The molecule has 1 aliphatic rings. The first-order chi connectivity index (χ1) is 12.8. The molecule has 1 amide bonds. The van der Waals surface area contributed by atoms with Gasteiger partial charge in [0.1, 0.15) is 11.3 Å². The lowest BCUT2D eigenvalue weighted by atomic mass is 9.83. The fraction of sp³-hybridized carbons (Fsp3) is 0.571. The minimum absolute atomic E-state index is 0.119. The summed E-state index contributed by atoms with van der Waals surface area (Å²) in [6.45, 7) is 5.51. The van der Waals surface area contributed by atoms with Crippen LogP contribution in [-0.2, 0) is 19.7 Å². The summed E-state index contributed by atoms with van der Waals surface area (Å²) >= 11 is 0. The highest BCUT2D eigenvalue weighted by molar-refractivity contribution is 5.81. The molecule has 0 saturated heterocycles. The maximum atomic E-state index is 12.1. The third kappa shape index (κ3) is 5.99. The van der Waals surface area contributed by atoms with Crippen molar-refractivity contribution in [1.29, 1.82) is 5.26 Å². The number of carbonyl (C=O) groups excluding carboxylic acids is 2. The molecule has 0 aromatic heterocycles. The normalized spacial score (nSPS) is 16.1. The Kier molecular flexibility index (Phi) is 6.84. The molecule has 27 heavy (non-hydrogen) atoms. The van der Waals surface area contributed by atoms with Gasteiger partial charge in [-0.3, -0.25) is 4.79 Å².